The summed E-state index contributed by atoms with van der Waals surface area (Å²) in [6, 6.07) is 1.89. The van der Waals surface area contributed by atoms with Gasteiger partial charge in [-0.3, -0.25) is 10.1 Å². The highest BCUT2D eigenvalue weighted by atomic mass is 32.1. The number of hydrogen-bond acceptors (Lipinski definition) is 3. The predicted molar refractivity (Wildman–Crippen MR) is 60.8 cm³/mol. The maximum Gasteiger partial charge on any atom is 0.274 e. The lowest BCUT2D eigenvalue weighted by atomic mass is 10.1. The third-order valence-electron chi connectivity index (χ3n) is 2.15. The minimum absolute atomic E-state index is 0.292. The van der Waals surface area contributed by atoms with Gasteiger partial charge in [0.05, 0.1) is 4.88 Å². The smallest absolute Gasteiger partial charge is 0.267 e. The minimum Gasteiger partial charge on any atom is -0.267 e. The molecule has 0 radical (unpaired) electrons. The van der Waals surface area contributed by atoms with E-state index in [-0.39, 0.29) is 5.91 Å². The van der Waals surface area contributed by atoms with Crippen molar-refractivity contribution in [1.29, 1.82) is 5.26 Å². The first-order chi connectivity index (χ1) is 7.22. The quantitative estimate of drug-likeness (QED) is 0.628. The molecule has 0 unspecified atom stereocenters. The van der Waals surface area contributed by atoms with Crippen LogP contribution in [0.1, 0.15) is 40.4 Å². The maximum atomic E-state index is 11.4. The first-order valence-electron chi connectivity index (χ1n) is 5.03. The van der Waals surface area contributed by atoms with Crippen molar-refractivity contribution >= 4 is 17.2 Å². The summed E-state index contributed by atoms with van der Waals surface area (Å²) in [7, 11) is 0. The standard InChI is InChI=1S/C11H14N2OS/c1-3-5-9-8(4-2)6-10(15-9)11(14)13-7-12/h6H,3-5H2,1-2H3,(H,13,14). The Morgan fingerprint density at radius 3 is 2.87 bits per heavy atom. The van der Waals surface area contributed by atoms with E-state index in [1.807, 2.05) is 6.07 Å². The number of aryl methyl sites for hydroxylation is 2. The summed E-state index contributed by atoms with van der Waals surface area (Å²) in [6.45, 7) is 4.20. The average Bonchev–Trinajstić information content (AvgIpc) is 2.62. The molecule has 1 N–H and O–H groups in total. The lowest BCUT2D eigenvalue weighted by molar-refractivity contribution is 0.0977. The second-order valence-electron chi connectivity index (χ2n) is 3.23. The van der Waals surface area contributed by atoms with Crippen LogP contribution in [0.15, 0.2) is 6.07 Å². The lowest BCUT2D eigenvalue weighted by Gasteiger charge is -1.96. The monoisotopic (exact) mass is 222 g/mol. The van der Waals surface area contributed by atoms with Crippen LogP contribution in [0.3, 0.4) is 0 Å². The van der Waals surface area contributed by atoms with Crippen molar-refractivity contribution in [2.45, 2.75) is 33.1 Å². The van der Waals surface area contributed by atoms with E-state index in [1.54, 1.807) is 6.19 Å². The zero-order valence-corrected chi connectivity index (χ0v) is 9.78. The number of rotatable bonds is 4. The molecule has 1 heterocycles. The number of carbonyl (C=O) groups excluding carboxylic acids is 1. The van der Waals surface area contributed by atoms with Gasteiger partial charge in [-0.2, -0.15) is 5.26 Å². The third-order valence-corrected chi connectivity index (χ3v) is 3.38. The number of thiophene rings is 1. The summed E-state index contributed by atoms with van der Waals surface area (Å²) >= 11 is 1.49. The Bertz CT molecular complexity index is 390. The van der Waals surface area contributed by atoms with Crippen LogP contribution in [0.2, 0.25) is 0 Å². The molecule has 15 heavy (non-hydrogen) atoms. The van der Waals surface area contributed by atoms with Crippen molar-refractivity contribution in [2.24, 2.45) is 0 Å². The molecular weight excluding hydrogens is 208 g/mol. The Morgan fingerprint density at radius 2 is 2.33 bits per heavy atom. The van der Waals surface area contributed by atoms with Crippen LogP contribution in [0.25, 0.3) is 0 Å². The van der Waals surface area contributed by atoms with E-state index < -0.39 is 0 Å². The fraction of sp³-hybridized carbons (Fsp3) is 0.455. The molecule has 0 aromatic carbocycles. The van der Waals surface area contributed by atoms with Crippen molar-refractivity contribution < 1.29 is 4.79 Å². The van der Waals surface area contributed by atoms with Gasteiger partial charge in [-0.1, -0.05) is 20.3 Å². The van der Waals surface area contributed by atoms with Gasteiger partial charge in [0.2, 0.25) is 0 Å². The van der Waals surface area contributed by atoms with Crippen LogP contribution < -0.4 is 5.32 Å². The zero-order valence-electron chi connectivity index (χ0n) is 8.96. The number of carbonyl (C=O) groups is 1. The molecule has 0 bridgehead atoms. The first-order valence-corrected chi connectivity index (χ1v) is 5.85. The highest BCUT2D eigenvalue weighted by Crippen LogP contribution is 2.24. The second kappa shape index (κ2) is 5.52. The van der Waals surface area contributed by atoms with Gasteiger partial charge in [-0.05, 0) is 24.5 Å². The SMILES string of the molecule is CCCc1sc(C(=O)NC#N)cc1CC. The van der Waals surface area contributed by atoms with Gasteiger partial charge in [0.1, 0.15) is 0 Å². The van der Waals surface area contributed by atoms with Gasteiger partial charge in [-0.25, -0.2) is 0 Å². The Labute approximate surface area is 93.7 Å². The van der Waals surface area contributed by atoms with Crippen LogP contribution in [0.4, 0.5) is 0 Å². The van der Waals surface area contributed by atoms with Crippen LogP contribution in [0.5, 0.6) is 0 Å². The van der Waals surface area contributed by atoms with E-state index in [0.717, 1.165) is 19.3 Å². The molecule has 80 valence electrons. The van der Waals surface area contributed by atoms with Crippen LogP contribution >= 0.6 is 11.3 Å². The van der Waals surface area contributed by atoms with E-state index in [4.69, 9.17) is 5.26 Å². The van der Waals surface area contributed by atoms with Crippen molar-refractivity contribution in [2.75, 3.05) is 0 Å². The molecule has 1 amide bonds. The largest absolute Gasteiger partial charge is 0.274 e. The van der Waals surface area contributed by atoms with Crippen molar-refractivity contribution in [3.05, 3.63) is 21.4 Å². The lowest BCUT2D eigenvalue weighted by Crippen LogP contribution is -2.15. The number of nitrogens with one attached hydrogen (secondary N) is 1. The molecule has 1 rings (SSSR count). The topological polar surface area (TPSA) is 52.9 Å². The van der Waals surface area contributed by atoms with Gasteiger partial charge in [-0.15, -0.1) is 11.3 Å². The first kappa shape index (κ1) is 11.7. The molecule has 0 fully saturated rings. The summed E-state index contributed by atoms with van der Waals surface area (Å²) in [5, 5.41) is 10.5. The van der Waals surface area contributed by atoms with Crippen molar-refractivity contribution in [3.63, 3.8) is 0 Å². The van der Waals surface area contributed by atoms with E-state index in [1.165, 1.54) is 21.8 Å². The highest BCUT2D eigenvalue weighted by Gasteiger charge is 2.12. The fourth-order valence-electron chi connectivity index (χ4n) is 1.43. The second-order valence-corrected chi connectivity index (χ2v) is 4.37. The number of nitrogens with zero attached hydrogens (tertiary/aromatic N) is 1. The average molecular weight is 222 g/mol. The van der Waals surface area contributed by atoms with E-state index in [0.29, 0.717) is 4.88 Å². The van der Waals surface area contributed by atoms with Crippen LogP contribution in [-0.4, -0.2) is 5.91 Å². The van der Waals surface area contributed by atoms with Gasteiger partial charge < -0.3 is 0 Å². The van der Waals surface area contributed by atoms with E-state index in [9.17, 15) is 4.79 Å². The van der Waals surface area contributed by atoms with Crippen molar-refractivity contribution in [1.82, 2.24) is 5.32 Å². The predicted octanol–water partition coefficient (Wildman–Crippen LogP) is 2.47. The Balaban J connectivity index is 2.92. The maximum absolute atomic E-state index is 11.4. The molecular formula is C11H14N2OS. The summed E-state index contributed by atoms with van der Waals surface area (Å²) in [5.74, 6) is -0.292. The van der Waals surface area contributed by atoms with E-state index in [2.05, 4.69) is 19.2 Å². The minimum atomic E-state index is -0.292. The van der Waals surface area contributed by atoms with Crippen molar-refractivity contribution in [3.8, 4) is 6.19 Å². The van der Waals surface area contributed by atoms with Crippen LogP contribution in [0, 0.1) is 11.5 Å². The Hall–Kier alpha value is -1.34. The molecule has 4 heteroatoms. The molecule has 0 aliphatic heterocycles. The molecule has 0 spiro atoms. The zero-order chi connectivity index (χ0) is 11.3. The molecule has 3 nitrogen and oxygen atoms in total. The molecule has 0 saturated carbocycles. The molecule has 0 aliphatic rings. The molecule has 1 aromatic rings. The van der Waals surface area contributed by atoms with Crippen LogP contribution in [-0.2, 0) is 12.8 Å². The summed E-state index contributed by atoms with van der Waals surface area (Å²) in [4.78, 5) is 13.3. The number of nitriles is 1. The van der Waals surface area contributed by atoms with Gasteiger partial charge in [0, 0.05) is 4.88 Å². The van der Waals surface area contributed by atoms with Gasteiger partial charge >= 0.3 is 0 Å². The van der Waals surface area contributed by atoms with Gasteiger partial charge in [0.15, 0.2) is 6.19 Å². The Kier molecular flexibility index (Phi) is 4.32. The van der Waals surface area contributed by atoms with E-state index >= 15 is 0 Å². The number of amides is 1. The molecule has 0 atom stereocenters. The molecule has 0 saturated heterocycles. The summed E-state index contributed by atoms with van der Waals surface area (Å²) in [5.41, 5.74) is 1.23. The number of hydrogen-bond donors (Lipinski definition) is 1. The normalized spacial score (nSPS) is 9.67. The Morgan fingerprint density at radius 1 is 1.60 bits per heavy atom. The van der Waals surface area contributed by atoms with Gasteiger partial charge in [0.25, 0.3) is 5.91 Å². The highest BCUT2D eigenvalue weighted by molar-refractivity contribution is 7.14. The fourth-order valence-corrected chi connectivity index (χ4v) is 2.68. The third kappa shape index (κ3) is 2.80. The summed E-state index contributed by atoms with van der Waals surface area (Å²) in [6.07, 6.45) is 4.67. The molecule has 0 aliphatic carbocycles. The summed E-state index contributed by atoms with van der Waals surface area (Å²) < 4.78 is 0. The molecule has 1 aromatic heterocycles.